The maximum absolute atomic E-state index is 12.1. The van der Waals surface area contributed by atoms with E-state index in [1.54, 1.807) is 11.1 Å². The van der Waals surface area contributed by atoms with Gasteiger partial charge in [0.15, 0.2) is 0 Å². The molecular formula is C14H15Cl2N3OS. The van der Waals surface area contributed by atoms with Gasteiger partial charge in [0, 0.05) is 16.5 Å². The van der Waals surface area contributed by atoms with E-state index in [4.69, 9.17) is 23.2 Å². The number of amides is 1. The van der Waals surface area contributed by atoms with E-state index >= 15 is 0 Å². The predicted octanol–water partition coefficient (Wildman–Crippen LogP) is 4.10. The van der Waals surface area contributed by atoms with Crippen LogP contribution in [0.1, 0.15) is 30.2 Å². The Labute approximate surface area is 137 Å². The van der Waals surface area contributed by atoms with Gasteiger partial charge in [-0.05, 0) is 25.3 Å². The molecule has 2 aromatic heterocycles. The standard InChI is InChI=1S/C14H15Cl2N3OS/c15-5-14(20)18(8-13-4-10(16)9-21-13)12-6-17-19(7-12)11-2-1-3-11/h4,6-7,9,11H,1-3,5,8H2. The van der Waals surface area contributed by atoms with Gasteiger partial charge in [-0.2, -0.15) is 5.10 Å². The van der Waals surface area contributed by atoms with Gasteiger partial charge in [-0.3, -0.25) is 9.48 Å². The highest BCUT2D eigenvalue weighted by Gasteiger charge is 2.23. The maximum Gasteiger partial charge on any atom is 0.242 e. The Balaban J connectivity index is 1.81. The summed E-state index contributed by atoms with van der Waals surface area (Å²) in [5, 5.41) is 6.93. The number of carbonyl (C=O) groups excluding carboxylic acids is 1. The van der Waals surface area contributed by atoms with E-state index in [9.17, 15) is 4.79 Å². The minimum absolute atomic E-state index is 0.0479. The molecule has 1 aliphatic rings. The molecule has 0 spiro atoms. The lowest BCUT2D eigenvalue weighted by atomic mass is 9.93. The first-order valence-electron chi connectivity index (χ1n) is 6.81. The SMILES string of the molecule is O=C(CCl)N(Cc1cc(Cl)cs1)c1cnn(C2CCC2)c1. The summed E-state index contributed by atoms with van der Waals surface area (Å²) in [7, 11) is 0. The summed E-state index contributed by atoms with van der Waals surface area (Å²) in [6.07, 6.45) is 7.23. The Bertz CT molecular complexity index is 636. The van der Waals surface area contributed by atoms with E-state index in [1.165, 1.54) is 17.8 Å². The summed E-state index contributed by atoms with van der Waals surface area (Å²) < 4.78 is 1.95. The average molecular weight is 344 g/mol. The number of aromatic nitrogens is 2. The van der Waals surface area contributed by atoms with Crippen LogP contribution in [0.25, 0.3) is 0 Å². The van der Waals surface area contributed by atoms with Crippen molar-refractivity contribution in [1.82, 2.24) is 9.78 Å². The lowest BCUT2D eigenvalue weighted by Gasteiger charge is -2.25. The van der Waals surface area contributed by atoms with Crippen molar-refractivity contribution in [1.29, 1.82) is 0 Å². The lowest BCUT2D eigenvalue weighted by molar-refractivity contribution is -0.116. The van der Waals surface area contributed by atoms with E-state index in [-0.39, 0.29) is 11.8 Å². The number of hydrogen-bond donors (Lipinski definition) is 0. The molecule has 2 aromatic rings. The molecule has 1 aliphatic carbocycles. The smallest absolute Gasteiger partial charge is 0.242 e. The van der Waals surface area contributed by atoms with Crippen molar-refractivity contribution >= 4 is 46.1 Å². The third-order valence-corrected chi connectivity index (χ3v) is 5.20. The van der Waals surface area contributed by atoms with E-state index in [1.807, 2.05) is 22.3 Å². The first kappa shape index (κ1) is 14.9. The lowest BCUT2D eigenvalue weighted by Crippen LogP contribution is -2.30. The van der Waals surface area contributed by atoms with Crippen LogP contribution in [0.15, 0.2) is 23.8 Å². The monoisotopic (exact) mass is 343 g/mol. The van der Waals surface area contributed by atoms with Gasteiger partial charge in [-0.1, -0.05) is 11.6 Å². The number of hydrogen-bond acceptors (Lipinski definition) is 3. The summed E-state index contributed by atoms with van der Waals surface area (Å²) in [6.45, 7) is 0.472. The van der Waals surface area contributed by atoms with Crippen molar-refractivity contribution in [2.75, 3.05) is 10.8 Å². The molecule has 2 heterocycles. The third-order valence-electron chi connectivity index (χ3n) is 3.70. The fourth-order valence-corrected chi connectivity index (χ4v) is 3.51. The van der Waals surface area contributed by atoms with Gasteiger partial charge in [0.1, 0.15) is 5.88 Å². The van der Waals surface area contributed by atoms with Crippen molar-refractivity contribution in [3.8, 4) is 0 Å². The number of alkyl halides is 1. The molecule has 3 rings (SSSR count). The molecule has 112 valence electrons. The van der Waals surface area contributed by atoms with E-state index in [2.05, 4.69) is 5.10 Å². The molecule has 4 nitrogen and oxygen atoms in total. The Kier molecular flexibility index (Phi) is 4.52. The summed E-state index contributed by atoms with van der Waals surface area (Å²) in [5.74, 6) is -0.178. The predicted molar refractivity (Wildman–Crippen MR) is 86.4 cm³/mol. The van der Waals surface area contributed by atoms with Gasteiger partial charge >= 0.3 is 0 Å². The van der Waals surface area contributed by atoms with Gasteiger partial charge < -0.3 is 4.90 Å². The number of anilines is 1. The van der Waals surface area contributed by atoms with Crippen molar-refractivity contribution in [3.05, 3.63) is 33.7 Å². The fourth-order valence-electron chi connectivity index (χ4n) is 2.31. The summed E-state index contributed by atoms with van der Waals surface area (Å²) >= 11 is 13.2. The first-order chi connectivity index (χ1) is 10.2. The normalized spacial score (nSPS) is 15.0. The second kappa shape index (κ2) is 6.38. The molecule has 1 fully saturated rings. The highest BCUT2D eigenvalue weighted by Crippen LogP contribution is 2.32. The fraction of sp³-hybridized carbons (Fsp3) is 0.429. The number of carbonyl (C=O) groups is 1. The van der Waals surface area contributed by atoms with Gasteiger partial charge in [0.25, 0.3) is 0 Å². The molecule has 1 saturated carbocycles. The summed E-state index contributed by atoms with van der Waals surface area (Å²) in [6, 6.07) is 2.35. The topological polar surface area (TPSA) is 38.1 Å². The van der Waals surface area contributed by atoms with Crippen molar-refractivity contribution < 1.29 is 4.79 Å². The second-order valence-corrected chi connectivity index (χ2v) is 6.81. The van der Waals surface area contributed by atoms with Crippen LogP contribution >= 0.6 is 34.5 Å². The van der Waals surface area contributed by atoms with Crippen molar-refractivity contribution in [3.63, 3.8) is 0 Å². The zero-order valence-corrected chi connectivity index (χ0v) is 13.7. The molecule has 0 unspecified atom stereocenters. The molecule has 21 heavy (non-hydrogen) atoms. The zero-order valence-electron chi connectivity index (χ0n) is 11.3. The molecule has 1 amide bonds. The van der Waals surface area contributed by atoms with E-state index in [0.29, 0.717) is 17.6 Å². The van der Waals surface area contributed by atoms with E-state index in [0.717, 1.165) is 23.4 Å². The Hall–Kier alpha value is -1.04. The number of nitrogens with zero attached hydrogens (tertiary/aromatic N) is 3. The van der Waals surface area contributed by atoms with Crippen LogP contribution in [0.3, 0.4) is 0 Å². The van der Waals surface area contributed by atoms with Crippen LogP contribution in [0.2, 0.25) is 5.02 Å². The highest BCUT2D eigenvalue weighted by molar-refractivity contribution is 7.10. The van der Waals surface area contributed by atoms with Gasteiger partial charge in [0.05, 0.1) is 29.5 Å². The van der Waals surface area contributed by atoms with Gasteiger partial charge in [-0.25, -0.2) is 0 Å². The minimum Gasteiger partial charge on any atom is -0.303 e. The summed E-state index contributed by atoms with van der Waals surface area (Å²) in [5.41, 5.74) is 0.789. The van der Waals surface area contributed by atoms with Crippen LogP contribution in [-0.4, -0.2) is 21.6 Å². The van der Waals surface area contributed by atoms with Crippen molar-refractivity contribution in [2.24, 2.45) is 0 Å². The average Bonchev–Trinajstić information content (AvgIpc) is 3.03. The van der Waals surface area contributed by atoms with E-state index < -0.39 is 0 Å². The largest absolute Gasteiger partial charge is 0.303 e. The Morgan fingerprint density at radius 1 is 1.52 bits per heavy atom. The molecule has 0 aliphatic heterocycles. The molecule has 0 aromatic carbocycles. The minimum atomic E-state index is -0.130. The van der Waals surface area contributed by atoms with Crippen LogP contribution in [0.4, 0.5) is 5.69 Å². The zero-order chi connectivity index (χ0) is 14.8. The second-order valence-electron chi connectivity index (χ2n) is 5.11. The Morgan fingerprint density at radius 2 is 2.33 bits per heavy atom. The number of halogens is 2. The first-order valence-corrected chi connectivity index (χ1v) is 8.60. The van der Waals surface area contributed by atoms with Gasteiger partial charge in [0.2, 0.25) is 5.91 Å². The maximum atomic E-state index is 12.1. The number of rotatable bonds is 5. The quantitative estimate of drug-likeness (QED) is 0.766. The highest BCUT2D eigenvalue weighted by atomic mass is 35.5. The third kappa shape index (κ3) is 3.25. The van der Waals surface area contributed by atoms with Crippen LogP contribution < -0.4 is 4.90 Å². The van der Waals surface area contributed by atoms with Crippen LogP contribution in [0, 0.1) is 0 Å². The molecule has 0 saturated heterocycles. The summed E-state index contributed by atoms with van der Waals surface area (Å²) in [4.78, 5) is 14.8. The molecule has 7 heteroatoms. The molecule has 0 atom stereocenters. The molecule has 0 radical (unpaired) electrons. The molecular weight excluding hydrogens is 329 g/mol. The molecule has 0 N–H and O–H groups in total. The Morgan fingerprint density at radius 3 is 2.90 bits per heavy atom. The van der Waals surface area contributed by atoms with Crippen LogP contribution in [0.5, 0.6) is 0 Å². The molecule has 0 bridgehead atoms. The number of thiophene rings is 1. The van der Waals surface area contributed by atoms with Gasteiger partial charge in [-0.15, -0.1) is 22.9 Å². The van der Waals surface area contributed by atoms with Crippen LogP contribution in [-0.2, 0) is 11.3 Å². The van der Waals surface area contributed by atoms with Crippen molar-refractivity contribution in [2.45, 2.75) is 31.8 Å².